The predicted octanol–water partition coefficient (Wildman–Crippen LogP) is 19.1. The highest BCUT2D eigenvalue weighted by Gasteiger charge is 2.19. The van der Waals surface area contributed by atoms with E-state index in [2.05, 4.69) is 130 Å². The van der Waals surface area contributed by atoms with Crippen LogP contribution in [0.2, 0.25) is 0 Å². The van der Waals surface area contributed by atoms with E-state index < -0.39 is 6.10 Å². The Balaban J connectivity index is 4.49. The van der Waals surface area contributed by atoms with Crippen molar-refractivity contribution >= 4 is 17.9 Å². The summed E-state index contributed by atoms with van der Waals surface area (Å²) in [5.41, 5.74) is 0. The lowest BCUT2D eigenvalue weighted by atomic mass is 10.1. The standard InChI is InChI=1S/C63H104O6/c1-4-7-10-13-16-19-22-25-28-29-30-31-32-33-34-35-36-39-41-44-47-50-53-56-62(65)68-59-60(69-63(66)57-54-51-48-45-42-38-27-24-21-18-15-12-9-6-3)58-67-61(64)55-52-49-46-43-40-37-26-23-20-17-14-11-8-5-2/h7,10,16,19,23-28,30-31,33-34,36,39,44,47,60H,4-6,8-9,11-15,17-18,20-22,29,32,35,37-38,40-43,45-46,48-59H2,1-3H3/b10-7-,19-16-,26-23-,27-24-,28-25-,31-30-,34-33-,39-36-,47-44-. The van der Waals surface area contributed by atoms with Gasteiger partial charge in [0.2, 0.25) is 0 Å². The van der Waals surface area contributed by atoms with Crippen molar-refractivity contribution in [2.75, 3.05) is 13.2 Å². The van der Waals surface area contributed by atoms with Gasteiger partial charge in [-0.2, -0.15) is 0 Å². The Morgan fingerprint density at radius 3 is 0.957 bits per heavy atom. The minimum Gasteiger partial charge on any atom is -0.462 e. The zero-order chi connectivity index (χ0) is 50.0. The molecule has 0 bridgehead atoms. The molecule has 0 aromatic heterocycles. The number of hydrogen-bond donors (Lipinski definition) is 0. The van der Waals surface area contributed by atoms with E-state index in [1.165, 1.54) is 89.9 Å². The Morgan fingerprint density at radius 1 is 0.304 bits per heavy atom. The van der Waals surface area contributed by atoms with Crippen LogP contribution >= 0.6 is 0 Å². The summed E-state index contributed by atoms with van der Waals surface area (Å²) in [6.07, 6.45) is 76.5. The minimum absolute atomic E-state index is 0.105. The number of unbranched alkanes of at least 4 members (excludes halogenated alkanes) is 21. The van der Waals surface area contributed by atoms with Crippen molar-refractivity contribution < 1.29 is 28.6 Å². The highest BCUT2D eigenvalue weighted by Crippen LogP contribution is 2.13. The normalized spacial score (nSPS) is 12.9. The molecule has 0 aliphatic heterocycles. The van der Waals surface area contributed by atoms with Gasteiger partial charge in [0.15, 0.2) is 6.10 Å². The molecule has 69 heavy (non-hydrogen) atoms. The number of hydrogen-bond acceptors (Lipinski definition) is 6. The van der Waals surface area contributed by atoms with E-state index in [1.807, 2.05) is 0 Å². The van der Waals surface area contributed by atoms with Crippen LogP contribution in [0.15, 0.2) is 109 Å². The van der Waals surface area contributed by atoms with E-state index in [1.54, 1.807) is 0 Å². The number of carbonyl (C=O) groups excluding carboxylic acids is 3. The lowest BCUT2D eigenvalue weighted by molar-refractivity contribution is -0.167. The quantitative estimate of drug-likeness (QED) is 0.0262. The average molecular weight is 958 g/mol. The molecule has 0 aromatic carbocycles. The Hall–Kier alpha value is -3.93. The molecule has 6 nitrogen and oxygen atoms in total. The Labute approximate surface area is 425 Å². The van der Waals surface area contributed by atoms with Crippen LogP contribution in [-0.4, -0.2) is 37.2 Å². The zero-order valence-electron chi connectivity index (χ0n) is 44.8. The molecule has 0 aliphatic carbocycles. The first-order valence-corrected chi connectivity index (χ1v) is 28.4. The molecule has 0 aliphatic rings. The molecule has 0 fully saturated rings. The van der Waals surface area contributed by atoms with Gasteiger partial charge in [-0.05, 0) is 122 Å². The maximum atomic E-state index is 12.8. The van der Waals surface area contributed by atoms with Gasteiger partial charge in [0.25, 0.3) is 0 Å². The van der Waals surface area contributed by atoms with Gasteiger partial charge < -0.3 is 14.2 Å². The van der Waals surface area contributed by atoms with Gasteiger partial charge in [0, 0.05) is 19.3 Å². The van der Waals surface area contributed by atoms with Gasteiger partial charge in [0.1, 0.15) is 13.2 Å². The first-order valence-electron chi connectivity index (χ1n) is 28.4. The number of carbonyl (C=O) groups is 3. The van der Waals surface area contributed by atoms with Crippen LogP contribution in [0.4, 0.5) is 0 Å². The first-order chi connectivity index (χ1) is 34.0. The van der Waals surface area contributed by atoms with E-state index in [9.17, 15) is 14.4 Å². The molecule has 0 aromatic rings. The zero-order valence-corrected chi connectivity index (χ0v) is 44.8. The maximum absolute atomic E-state index is 12.8. The van der Waals surface area contributed by atoms with Crippen molar-refractivity contribution in [1.82, 2.24) is 0 Å². The van der Waals surface area contributed by atoms with Gasteiger partial charge in [0.05, 0.1) is 0 Å². The maximum Gasteiger partial charge on any atom is 0.306 e. The summed E-state index contributed by atoms with van der Waals surface area (Å²) in [6.45, 7) is 6.44. The molecule has 1 unspecified atom stereocenters. The number of ether oxygens (including phenoxy) is 3. The molecule has 0 radical (unpaired) electrons. The molecule has 0 amide bonds. The van der Waals surface area contributed by atoms with Crippen LogP contribution in [0.25, 0.3) is 0 Å². The molecule has 0 spiro atoms. The van der Waals surface area contributed by atoms with Gasteiger partial charge >= 0.3 is 17.9 Å². The number of esters is 3. The van der Waals surface area contributed by atoms with Gasteiger partial charge in [-0.1, -0.05) is 220 Å². The van der Waals surface area contributed by atoms with E-state index >= 15 is 0 Å². The summed E-state index contributed by atoms with van der Waals surface area (Å²) in [7, 11) is 0. The summed E-state index contributed by atoms with van der Waals surface area (Å²) in [6, 6.07) is 0. The first kappa shape index (κ1) is 65.1. The van der Waals surface area contributed by atoms with Crippen molar-refractivity contribution in [3.63, 3.8) is 0 Å². The van der Waals surface area contributed by atoms with Crippen molar-refractivity contribution in [2.24, 2.45) is 0 Å². The van der Waals surface area contributed by atoms with Crippen LogP contribution in [0, 0.1) is 0 Å². The second-order valence-corrected chi connectivity index (χ2v) is 18.5. The third-order valence-corrected chi connectivity index (χ3v) is 11.7. The van der Waals surface area contributed by atoms with E-state index in [0.29, 0.717) is 19.3 Å². The van der Waals surface area contributed by atoms with Gasteiger partial charge in [-0.25, -0.2) is 0 Å². The van der Waals surface area contributed by atoms with Crippen molar-refractivity contribution in [3.05, 3.63) is 109 Å². The lowest BCUT2D eigenvalue weighted by Crippen LogP contribution is -2.30. The molecule has 0 heterocycles. The Morgan fingerprint density at radius 2 is 0.580 bits per heavy atom. The van der Waals surface area contributed by atoms with Gasteiger partial charge in [-0.3, -0.25) is 14.4 Å². The number of rotatable bonds is 50. The monoisotopic (exact) mass is 957 g/mol. The highest BCUT2D eigenvalue weighted by molar-refractivity contribution is 5.71. The fourth-order valence-corrected chi connectivity index (χ4v) is 7.48. The predicted molar refractivity (Wildman–Crippen MR) is 297 cm³/mol. The topological polar surface area (TPSA) is 78.9 Å². The van der Waals surface area contributed by atoms with Crippen molar-refractivity contribution in [1.29, 1.82) is 0 Å². The Bertz CT molecular complexity index is 1420. The molecular weight excluding hydrogens is 853 g/mol. The second kappa shape index (κ2) is 56.7. The summed E-state index contributed by atoms with van der Waals surface area (Å²) in [4.78, 5) is 38.1. The van der Waals surface area contributed by atoms with E-state index in [4.69, 9.17) is 14.2 Å². The van der Waals surface area contributed by atoms with Crippen LogP contribution in [0.1, 0.15) is 252 Å². The summed E-state index contributed by atoms with van der Waals surface area (Å²) in [5.74, 6) is -0.984. The molecule has 392 valence electrons. The molecule has 6 heteroatoms. The smallest absolute Gasteiger partial charge is 0.306 e. The minimum atomic E-state index is -0.811. The fourth-order valence-electron chi connectivity index (χ4n) is 7.48. The van der Waals surface area contributed by atoms with Crippen LogP contribution in [-0.2, 0) is 28.6 Å². The molecule has 0 rings (SSSR count). The third-order valence-electron chi connectivity index (χ3n) is 11.7. The highest BCUT2D eigenvalue weighted by atomic mass is 16.6. The summed E-state index contributed by atoms with van der Waals surface area (Å²) in [5, 5.41) is 0. The molecule has 0 N–H and O–H groups in total. The van der Waals surface area contributed by atoms with Crippen molar-refractivity contribution in [3.8, 4) is 0 Å². The summed E-state index contributed by atoms with van der Waals surface area (Å²) >= 11 is 0. The van der Waals surface area contributed by atoms with Crippen molar-refractivity contribution in [2.45, 2.75) is 258 Å². The third kappa shape index (κ3) is 54.9. The Kier molecular flexibility index (Phi) is 53.4. The number of allylic oxidation sites excluding steroid dienone is 18. The van der Waals surface area contributed by atoms with Crippen LogP contribution < -0.4 is 0 Å². The SMILES string of the molecule is CC/C=C\C/C=C\C/C=C\C/C=C\C/C=C\C/C=C\C/C=C\CCCC(=O)OCC(COC(=O)CCCCCCC/C=C\CCCCCCC)OC(=O)CCCCCCC/C=C\CCCCCCC. The van der Waals surface area contributed by atoms with E-state index in [-0.39, 0.29) is 37.5 Å². The summed E-state index contributed by atoms with van der Waals surface area (Å²) < 4.78 is 16.8. The molecule has 0 saturated heterocycles. The largest absolute Gasteiger partial charge is 0.462 e. The van der Waals surface area contributed by atoms with Gasteiger partial charge in [-0.15, -0.1) is 0 Å². The van der Waals surface area contributed by atoms with E-state index in [0.717, 1.165) is 116 Å². The molecule has 0 saturated carbocycles. The average Bonchev–Trinajstić information content (AvgIpc) is 3.35. The molecule has 1 atom stereocenters. The second-order valence-electron chi connectivity index (χ2n) is 18.5. The van der Waals surface area contributed by atoms with Crippen LogP contribution in [0.3, 0.4) is 0 Å². The van der Waals surface area contributed by atoms with Crippen LogP contribution in [0.5, 0.6) is 0 Å². The lowest BCUT2D eigenvalue weighted by Gasteiger charge is -2.18. The fraction of sp³-hybridized carbons (Fsp3) is 0.667. The molecular formula is C63H104O6.